The third kappa shape index (κ3) is 3.53. The predicted molar refractivity (Wildman–Crippen MR) is 98.0 cm³/mol. The maximum atomic E-state index is 14.4. The van der Waals surface area contributed by atoms with Gasteiger partial charge in [-0.1, -0.05) is 11.6 Å². The van der Waals surface area contributed by atoms with E-state index in [1.54, 1.807) is 6.92 Å². The van der Waals surface area contributed by atoms with Gasteiger partial charge in [0.25, 0.3) is 5.56 Å². The molecule has 26 heavy (non-hydrogen) atoms. The van der Waals surface area contributed by atoms with Crippen molar-refractivity contribution in [1.29, 1.82) is 0 Å². The number of aromatic nitrogens is 2. The highest BCUT2D eigenvalue weighted by atomic mass is 35.5. The molecule has 0 saturated carbocycles. The molecule has 5 nitrogen and oxygen atoms in total. The van der Waals surface area contributed by atoms with E-state index in [2.05, 4.69) is 9.97 Å². The molecule has 0 aliphatic carbocycles. The third-order valence-corrected chi connectivity index (χ3v) is 5.26. The topological polar surface area (TPSA) is 85.9 Å². The lowest BCUT2D eigenvalue weighted by Crippen LogP contribution is -2.22. The second-order valence-corrected chi connectivity index (χ2v) is 7.11. The highest BCUT2D eigenvalue weighted by molar-refractivity contribution is 7.99. The fourth-order valence-electron chi connectivity index (χ4n) is 2.54. The first-order chi connectivity index (χ1) is 12.3. The number of hydrogen-bond acceptors (Lipinski definition) is 4. The average molecular weight is 399 g/mol. The zero-order valence-corrected chi connectivity index (χ0v) is 15.0. The van der Waals surface area contributed by atoms with Crippen molar-refractivity contribution in [2.75, 3.05) is 5.75 Å². The number of H-pyrrole nitrogens is 2. The Kier molecular flexibility index (Phi) is 5.17. The fraction of sp³-hybridized carbons (Fsp3) is 0.176. The van der Waals surface area contributed by atoms with E-state index in [4.69, 9.17) is 11.6 Å². The highest BCUT2D eigenvalue weighted by Gasteiger charge is 2.20. The molecule has 1 atom stereocenters. The number of fused-ring (bicyclic) bond motifs is 1. The molecule has 0 saturated heterocycles. The molecule has 1 aromatic heterocycles. The molecule has 0 unspecified atom stereocenters. The Bertz CT molecular complexity index is 1110. The molecule has 0 radical (unpaired) electrons. The van der Waals surface area contributed by atoms with E-state index in [1.807, 2.05) is 0 Å². The number of benzene rings is 2. The quantitative estimate of drug-likeness (QED) is 0.589. The summed E-state index contributed by atoms with van der Waals surface area (Å²) in [4.78, 5) is 28.7. The molecule has 1 heterocycles. The van der Waals surface area contributed by atoms with E-state index in [0.29, 0.717) is 4.90 Å². The van der Waals surface area contributed by atoms with Crippen LogP contribution in [0.5, 0.6) is 0 Å². The molecule has 0 amide bonds. The molecule has 0 spiro atoms. The van der Waals surface area contributed by atoms with E-state index < -0.39 is 29.0 Å². The molecule has 0 aliphatic rings. The van der Waals surface area contributed by atoms with Crippen LogP contribution in [0.1, 0.15) is 6.92 Å². The van der Waals surface area contributed by atoms with Gasteiger partial charge >= 0.3 is 5.69 Å². The Morgan fingerprint density at radius 1 is 1.23 bits per heavy atom. The van der Waals surface area contributed by atoms with Crippen LogP contribution in [-0.2, 0) is 0 Å². The van der Waals surface area contributed by atoms with E-state index in [1.165, 1.54) is 12.1 Å². The maximum absolute atomic E-state index is 14.4. The van der Waals surface area contributed by atoms with E-state index >= 15 is 0 Å². The van der Waals surface area contributed by atoms with Crippen LogP contribution in [0.3, 0.4) is 0 Å². The van der Waals surface area contributed by atoms with Crippen molar-refractivity contribution in [3.8, 4) is 11.1 Å². The Hall–Kier alpha value is -2.16. The summed E-state index contributed by atoms with van der Waals surface area (Å²) < 4.78 is 27.6. The molecular formula is C17H13ClF2N2O3S. The van der Waals surface area contributed by atoms with Crippen molar-refractivity contribution in [3.05, 3.63) is 61.8 Å². The number of nitrogens with one attached hydrogen (secondary N) is 2. The molecule has 136 valence electrons. The van der Waals surface area contributed by atoms with Crippen molar-refractivity contribution in [2.24, 2.45) is 0 Å². The predicted octanol–water partition coefficient (Wildman–Crippen LogP) is 3.29. The first-order valence-electron chi connectivity index (χ1n) is 7.53. The summed E-state index contributed by atoms with van der Waals surface area (Å²) >= 11 is 7.41. The van der Waals surface area contributed by atoms with Gasteiger partial charge in [-0.05, 0) is 25.1 Å². The normalized spacial score (nSPS) is 12.5. The molecule has 3 aromatic rings. The van der Waals surface area contributed by atoms with Crippen LogP contribution in [0.2, 0.25) is 5.02 Å². The molecule has 0 fully saturated rings. The Morgan fingerprint density at radius 3 is 2.62 bits per heavy atom. The molecule has 3 rings (SSSR count). The van der Waals surface area contributed by atoms with Gasteiger partial charge < -0.3 is 10.1 Å². The second kappa shape index (κ2) is 7.22. The van der Waals surface area contributed by atoms with Crippen LogP contribution in [0.15, 0.2) is 38.8 Å². The summed E-state index contributed by atoms with van der Waals surface area (Å²) in [5.41, 5.74) is -0.964. The van der Waals surface area contributed by atoms with E-state index in [9.17, 15) is 23.5 Å². The smallest absolute Gasteiger partial charge is 0.326 e. The summed E-state index contributed by atoms with van der Waals surface area (Å²) in [5.74, 6) is -1.37. The summed E-state index contributed by atoms with van der Waals surface area (Å²) in [7, 11) is 0. The van der Waals surface area contributed by atoms with E-state index in [-0.39, 0.29) is 32.8 Å². The van der Waals surface area contributed by atoms with Crippen LogP contribution in [-0.4, -0.2) is 26.9 Å². The molecule has 3 N–H and O–H groups in total. The second-order valence-electron chi connectivity index (χ2n) is 5.68. The summed E-state index contributed by atoms with van der Waals surface area (Å²) in [5, 5.41) is 9.78. The fourth-order valence-corrected chi connectivity index (χ4v) is 3.98. The van der Waals surface area contributed by atoms with Crippen LogP contribution in [0, 0.1) is 11.6 Å². The summed E-state index contributed by atoms with van der Waals surface area (Å²) in [6.07, 6.45) is -0.700. The monoisotopic (exact) mass is 398 g/mol. The van der Waals surface area contributed by atoms with Gasteiger partial charge in [0.15, 0.2) is 0 Å². The molecule has 2 aromatic carbocycles. The van der Waals surface area contributed by atoms with Crippen molar-refractivity contribution in [2.45, 2.75) is 17.9 Å². The molecular weight excluding hydrogens is 386 g/mol. The first-order valence-corrected chi connectivity index (χ1v) is 8.89. The Balaban J connectivity index is 2.40. The SMILES string of the molecule is C[C@@H](O)CSc1c(-c2ccc(F)cc2F)c(Cl)cc2c(=O)[nH]c(=O)[nH]c12. The van der Waals surface area contributed by atoms with Crippen LogP contribution in [0.4, 0.5) is 8.78 Å². The van der Waals surface area contributed by atoms with Gasteiger partial charge in [-0.3, -0.25) is 9.78 Å². The van der Waals surface area contributed by atoms with Crippen molar-refractivity contribution < 1.29 is 13.9 Å². The number of hydrogen-bond donors (Lipinski definition) is 3. The lowest BCUT2D eigenvalue weighted by atomic mass is 10.0. The average Bonchev–Trinajstić information content (AvgIpc) is 2.54. The lowest BCUT2D eigenvalue weighted by molar-refractivity contribution is 0.220. The zero-order valence-electron chi connectivity index (χ0n) is 13.4. The zero-order chi connectivity index (χ0) is 19.0. The maximum Gasteiger partial charge on any atom is 0.326 e. The number of halogens is 3. The molecule has 0 bridgehead atoms. The number of aliphatic hydroxyl groups is 1. The van der Waals surface area contributed by atoms with E-state index in [0.717, 1.165) is 23.9 Å². The minimum absolute atomic E-state index is 0.0209. The Morgan fingerprint density at radius 2 is 1.96 bits per heavy atom. The summed E-state index contributed by atoms with van der Waals surface area (Å²) in [6, 6.07) is 4.35. The van der Waals surface area contributed by atoms with Crippen molar-refractivity contribution in [1.82, 2.24) is 9.97 Å². The van der Waals surface area contributed by atoms with Crippen LogP contribution >= 0.6 is 23.4 Å². The van der Waals surface area contributed by atoms with Gasteiger partial charge in [0, 0.05) is 27.8 Å². The third-order valence-electron chi connectivity index (χ3n) is 3.61. The highest BCUT2D eigenvalue weighted by Crippen LogP contribution is 2.42. The number of aromatic amines is 2. The van der Waals surface area contributed by atoms with Crippen molar-refractivity contribution in [3.63, 3.8) is 0 Å². The molecule has 0 aliphatic heterocycles. The number of rotatable bonds is 4. The van der Waals surface area contributed by atoms with Crippen LogP contribution < -0.4 is 11.2 Å². The van der Waals surface area contributed by atoms with Crippen molar-refractivity contribution >= 4 is 34.3 Å². The van der Waals surface area contributed by atoms with Gasteiger partial charge in [-0.15, -0.1) is 11.8 Å². The van der Waals surface area contributed by atoms with Gasteiger partial charge in [-0.25, -0.2) is 13.6 Å². The largest absolute Gasteiger partial charge is 0.393 e. The first kappa shape index (κ1) is 18.6. The minimum Gasteiger partial charge on any atom is -0.393 e. The molecule has 9 heteroatoms. The van der Waals surface area contributed by atoms with Crippen LogP contribution in [0.25, 0.3) is 22.0 Å². The summed E-state index contributed by atoms with van der Waals surface area (Å²) in [6.45, 7) is 1.56. The van der Waals surface area contributed by atoms with Gasteiger partial charge in [0.05, 0.1) is 22.0 Å². The van der Waals surface area contributed by atoms with Gasteiger partial charge in [0.2, 0.25) is 0 Å². The number of aliphatic hydroxyl groups excluding tert-OH is 1. The standard InChI is InChI=1S/C17H13ClF2N2O3S/c1-7(23)6-26-15-13(9-3-2-8(19)4-12(9)20)11(18)5-10-14(15)21-17(25)22-16(10)24/h2-5,7,23H,6H2,1H3,(H2,21,22,24,25)/t7-/m1/s1. The van der Waals surface area contributed by atoms with Gasteiger partial charge in [-0.2, -0.15) is 0 Å². The minimum atomic E-state index is -0.836. The Labute approximate surface area is 155 Å². The number of thioether (sulfide) groups is 1. The van der Waals surface area contributed by atoms with Gasteiger partial charge in [0.1, 0.15) is 11.6 Å². The lowest BCUT2D eigenvalue weighted by Gasteiger charge is -2.16.